The number of nitrogens with one attached hydrogen (secondary N) is 1. The summed E-state index contributed by atoms with van der Waals surface area (Å²) in [5, 5.41) is 3.96. The van der Waals surface area contributed by atoms with Gasteiger partial charge in [-0.3, -0.25) is 9.69 Å². The number of carbonyl (C=O) groups is 1. The van der Waals surface area contributed by atoms with Gasteiger partial charge in [0.15, 0.2) is 0 Å². The molecular weight excluding hydrogens is 296 g/mol. The van der Waals surface area contributed by atoms with Crippen molar-refractivity contribution in [1.29, 1.82) is 0 Å². The van der Waals surface area contributed by atoms with Crippen LogP contribution in [-0.4, -0.2) is 30.4 Å². The van der Waals surface area contributed by atoms with Crippen LogP contribution in [0.15, 0.2) is 24.3 Å². The van der Waals surface area contributed by atoms with E-state index in [2.05, 4.69) is 19.2 Å². The van der Waals surface area contributed by atoms with Crippen LogP contribution in [0, 0.1) is 5.92 Å². The van der Waals surface area contributed by atoms with Gasteiger partial charge in [-0.1, -0.05) is 49.6 Å². The van der Waals surface area contributed by atoms with Gasteiger partial charge in [0.05, 0.1) is 6.54 Å². The molecule has 1 amide bonds. The number of rotatable bonds is 5. The van der Waals surface area contributed by atoms with Gasteiger partial charge >= 0.3 is 0 Å². The Morgan fingerprint density at radius 1 is 1.36 bits per heavy atom. The zero-order valence-corrected chi connectivity index (χ0v) is 14.6. The van der Waals surface area contributed by atoms with Crippen molar-refractivity contribution in [1.82, 2.24) is 10.2 Å². The van der Waals surface area contributed by atoms with Crippen LogP contribution in [-0.2, 0) is 4.79 Å². The summed E-state index contributed by atoms with van der Waals surface area (Å²) < 4.78 is 0. The predicted octanol–water partition coefficient (Wildman–Crippen LogP) is 4.03. The first-order valence-electron chi connectivity index (χ1n) is 8.23. The first-order valence-corrected chi connectivity index (χ1v) is 8.61. The molecule has 1 aromatic carbocycles. The van der Waals surface area contributed by atoms with Crippen LogP contribution in [0.25, 0.3) is 0 Å². The van der Waals surface area contributed by atoms with Crippen LogP contribution >= 0.6 is 11.6 Å². The van der Waals surface area contributed by atoms with Gasteiger partial charge in [-0.2, -0.15) is 0 Å². The molecule has 0 saturated heterocycles. The molecule has 1 aliphatic rings. The second-order valence-electron chi connectivity index (χ2n) is 6.55. The standard InChI is InChI=1S/C18H27ClN2O/c1-13-8-4-7-11-17(13)20-18(22)12-21(3)14(2)15-9-5-6-10-16(15)19/h5-6,9-10,13-14,17H,4,7-8,11-12H2,1-3H3,(H,20,22). The lowest BCUT2D eigenvalue weighted by molar-refractivity contribution is -0.123. The molecule has 1 saturated carbocycles. The summed E-state index contributed by atoms with van der Waals surface area (Å²) >= 11 is 6.25. The highest BCUT2D eigenvalue weighted by atomic mass is 35.5. The van der Waals surface area contributed by atoms with E-state index in [0.29, 0.717) is 18.5 Å². The molecule has 1 aliphatic carbocycles. The summed E-state index contributed by atoms with van der Waals surface area (Å²) in [6.45, 7) is 4.72. The van der Waals surface area contributed by atoms with Gasteiger partial charge < -0.3 is 5.32 Å². The van der Waals surface area contributed by atoms with Gasteiger partial charge in [-0.05, 0) is 44.4 Å². The number of carbonyl (C=O) groups excluding carboxylic acids is 1. The lowest BCUT2D eigenvalue weighted by atomic mass is 9.86. The van der Waals surface area contributed by atoms with Crippen molar-refractivity contribution in [2.24, 2.45) is 5.92 Å². The zero-order valence-electron chi connectivity index (χ0n) is 13.8. The molecule has 3 nitrogen and oxygen atoms in total. The molecule has 0 spiro atoms. The number of benzene rings is 1. The van der Waals surface area contributed by atoms with Gasteiger partial charge in [-0.25, -0.2) is 0 Å². The van der Waals surface area contributed by atoms with Crippen molar-refractivity contribution in [2.45, 2.75) is 51.6 Å². The lowest BCUT2D eigenvalue weighted by Crippen LogP contribution is -2.45. The second-order valence-corrected chi connectivity index (χ2v) is 6.96. The molecule has 1 aromatic rings. The van der Waals surface area contributed by atoms with E-state index in [-0.39, 0.29) is 11.9 Å². The number of likely N-dealkylation sites (N-methyl/N-ethyl adjacent to an activating group) is 1. The number of halogens is 1. The van der Waals surface area contributed by atoms with Crippen molar-refractivity contribution in [3.8, 4) is 0 Å². The first-order chi connectivity index (χ1) is 10.5. The van der Waals surface area contributed by atoms with E-state index < -0.39 is 0 Å². The summed E-state index contributed by atoms with van der Waals surface area (Å²) in [4.78, 5) is 14.3. The molecule has 3 atom stereocenters. The second kappa shape index (κ2) is 7.98. The highest BCUT2D eigenvalue weighted by Gasteiger charge is 2.24. The summed E-state index contributed by atoms with van der Waals surface area (Å²) in [6, 6.07) is 8.27. The fraction of sp³-hybridized carbons (Fsp3) is 0.611. The smallest absolute Gasteiger partial charge is 0.234 e. The topological polar surface area (TPSA) is 32.3 Å². The van der Waals surface area contributed by atoms with Crippen molar-refractivity contribution < 1.29 is 4.79 Å². The summed E-state index contributed by atoms with van der Waals surface area (Å²) in [6.07, 6.45) is 4.84. The number of hydrogen-bond donors (Lipinski definition) is 1. The molecule has 122 valence electrons. The third kappa shape index (κ3) is 4.47. The molecule has 0 bridgehead atoms. The SMILES string of the molecule is CC1CCCCC1NC(=O)CN(C)C(C)c1ccccc1Cl. The highest BCUT2D eigenvalue weighted by molar-refractivity contribution is 6.31. The molecule has 22 heavy (non-hydrogen) atoms. The minimum Gasteiger partial charge on any atom is -0.352 e. The maximum absolute atomic E-state index is 12.3. The fourth-order valence-electron chi connectivity index (χ4n) is 3.20. The van der Waals surface area contributed by atoms with Gasteiger partial charge in [0.25, 0.3) is 0 Å². The molecule has 4 heteroatoms. The quantitative estimate of drug-likeness (QED) is 0.887. The number of nitrogens with zero attached hydrogens (tertiary/aromatic N) is 1. The first kappa shape index (κ1) is 17.3. The average Bonchev–Trinajstić information content (AvgIpc) is 2.49. The summed E-state index contributed by atoms with van der Waals surface area (Å²) in [5.41, 5.74) is 1.06. The van der Waals surface area contributed by atoms with Crippen LogP contribution in [0.5, 0.6) is 0 Å². The van der Waals surface area contributed by atoms with Crippen LogP contribution in [0.4, 0.5) is 0 Å². The molecule has 0 heterocycles. The van der Waals surface area contributed by atoms with Crippen LogP contribution in [0.2, 0.25) is 5.02 Å². The Balaban J connectivity index is 1.89. The Morgan fingerprint density at radius 2 is 2.05 bits per heavy atom. The Hall–Kier alpha value is -1.06. The highest BCUT2D eigenvalue weighted by Crippen LogP contribution is 2.26. The maximum Gasteiger partial charge on any atom is 0.234 e. The number of hydrogen-bond acceptors (Lipinski definition) is 2. The van der Waals surface area contributed by atoms with E-state index in [1.807, 2.05) is 36.2 Å². The molecule has 1 fully saturated rings. The van der Waals surface area contributed by atoms with E-state index >= 15 is 0 Å². The van der Waals surface area contributed by atoms with Crippen molar-refractivity contribution in [3.05, 3.63) is 34.9 Å². The monoisotopic (exact) mass is 322 g/mol. The average molecular weight is 323 g/mol. The van der Waals surface area contributed by atoms with E-state index in [0.717, 1.165) is 17.0 Å². The van der Waals surface area contributed by atoms with E-state index in [4.69, 9.17) is 11.6 Å². The molecule has 3 unspecified atom stereocenters. The Kier molecular flexibility index (Phi) is 6.27. The normalized spacial score (nSPS) is 23.3. The predicted molar refractivity (Wildman–Crippen MR) is 92.1 cm³/mol. The molecule has 0 aromatic heterocycles. The van der Waals surface area contributed by atoms with Crippen LogP contribution < -0.4 is 5.32 Å². The van der Waals surface area contributed by atoms with Crippen molar-refractivity contribution in [2.75, 3.05) is 13.6 Å². The summed E-state index contributed by atoms with van der Waals surface area (Å²) in [7, 11) is 1.97. The fourth-order valence-corrected chi connectivity index (χ4v) is 3.49. The zero-order chi connectivity index (χ0) is 16.1. The third-order valence-corrected chi connectivity index (χ3v) is 5.21. The van der Waals surface area contributed by atoms with Crippen molar-refractivity contribution >= 4 is 17.5 Å². The Labute approximate surface area is 139 Å². The number of amides is 1. The maximum atomic E-state index is 12.3. The Morgan fingerprint density at radius 3 is 2.73 bits per heavy atom. The summed E-state index contributed by atoms with van der Waals surface area (Å²) in [5.74, 6) is 0.698. The van der Waals surface area contributed by atoms with Gasteiger partial charge in [0.1, 0.15) is 0 Å². The molecule has 0 radical (unpaired) electrons. The minimum atomic E-state index is 0.111. The third-order valence-electron chi connectivity index (χ3n) is 4.87. The van der Waals surface area contributed by atoms with Gasteiger partial charge in [0, 0.05) is 17.1 Å². The molecular formula is C18H27ClN2O. The van der Waals surface area contributed by atoms with E-state index in [1.54, 1.807) is 0 Å². The van der Waals surface area contributed by atoms with Crippen LogP contribution in [0.1, 0.15) is 51.1 Å². The molecule has 2 rings (SSSR count). The van der Waals surface area contributed by atoms with Gasteiger partial charge in [-0.15, -0.1) is 0 Å². The van der Waals surface area contributed by atoms with E-state index in [9.17, 15) is 4.79 Å². The minimum absolute atomic E-state index is 0.111. The van der Waals surface area contributed by atoms with Crippen LogP contribution in [0.3, 0.4) is 0 Å². The Bertz CT molecular complexity index is 506. The molecule has 1 N–H and O–H groups in total. The largest absolute Gasteiger partial charge is 0.352 e. The van der Waals surface area contributed by atoms with E-state index in [1.165, 1.54) is 19.3 Å². The van der Waals surface area contributed by atoms with Crippen molar-refractivity contribution in [3.63, 3.8) is 0 Å². The molecule has 0 aliphatic heterocycles. The van der Waals surface area contributed by atoms with Gasteiger partial charge in [0.2, 0.25) is 5.91 Å². The lowest BCUT2D eigenvalue weighted by Gasteiger charge is -2.31.